The molecule has 0 aromatic heterocycles. The highest BCUT2D eigenvalue weighted by molar-refractivity contribution is 9.10. The van der Waals surface area contributed by atoms with Crippen LogP contribution in [0.25, 0.3) is 0 Å². The highest BCUT2D eigenvalue weighted by Gasteiger charge is 1.99. The van der Waals surface area contributed by atoms with E-state index in [-0.39, 0.29) is 0 Å². The van der Waals surface area contributed by atoms with E-state index in [4.69, 9.17) is 0 Å². The van der Waals surface area contributed by atoms with Crippen molar-refractivity contribution >= 4 is 15.9 Å². The highest BCUT2D eigenvalue weighted by atomic mass is 79.9. The van der Waals surface area contributed by atoms with Gasteiger partial charge in [-0.3, -0.25) is 0 Å². The highest BCUT2D eigenvalue weighted by Crippen LogP contribution is 2.25. The molecule has 0 atom stereocenters. The van der Waals surface area contributed by atoms with Gasteiger partial charge in [0.15, 0.2) is 0 Å². The lowest BCUT2D eigenvalue weighted by Crippen LogP contribution is -2.11. The molecule has 3 heteroatoms. The van der Waals surface area contributed by atoms with Gasteiger partial charge in [0, 0.05) is 0 Å². The van der Waals surface area contributed by atoms with Crippen molar-refractivity contribution < 1.29 is 0 Å². The third kappa shape index (κ3) is 3.15. The van der Waals surface area contributed by atoms with Crippen molar-refractivity contribution in [3.63, 3.8) is 0 Å². The van der Waals surface area contributed by atoms with Gasteiger partial charge >= 0.3 is 0 Å². The van der Waals surface area contributed by atoms with Gasteiger partial charge in [-0.25, -0.2) is 6.07 Å². The molecule has 0 heterocycles. The Morgan fingerprint density at radius 3 is 2.36 bits per heavy atom. The molecule has 0 bridgehead atoms. The van der Waals surface area contributed by atoms with Crippen molar-refractivity contribution in [2.75, 3.05) is 28.2 Å². The molecular weight excluding hydrogens is 240 g/mol. The van der Waals surface area contributed by atoms with Crippen molar-refractivity contribution in [2.24, 2.45) is 0 Å². The molecule has 0 unspecified atom stereocenters. The molecule has 0 aliphatic rings. The van der Waals surface area contributed by atoms with Gasteiger partial charge in [0.1, 0.15) is 0 Å². The molecule has 0 amide bonds. The molecule has 0 N–H and O–H groups in total. The van der Waals surface area contributed by atoms with Crippen LogP contribution in [-0.2, 0) is 13.1 Å². The fourth-order valence-corrected chi connectivity index (χ4v) is 1.99. The van der Waals surface area contributed by atoms with Gasteiger partial charge in [-0.05, 0) is 41.3 Å². The van der Waals surface area contributed by atoms with E-state index in [1.807, 2.05) is 0 Å². The van der Waals surface area contributed by atoms with Gasteiger partial charge in [-0.2, -0.15) is 11.6 Å². The van der Waals surface area contributed by atoms with Crippen LogP contribution in [0.5, 0.6) is 0 Å². The second kappa shape index (κ2) is 5.01. The Morgan fingerprint density at radius 2 is 1.86 bits per heavy atom. The predicted molar refractivity (Wildman–Crippen MR) is 64.5 cm³/mol. The summed E-state index contributed by atoms with van der Waals surface area (Å²) in [5.41, 5.74) is 2.73. The smallest absolute Gasteiger partial charge is 0.0145 e. The molecule has 0 aliphatic carbocycles. The average Bonchev–Trinajstić information content (AvgIpc) is 2.34. The maximum absolute atomic E-state index is 3.65. The minimum Gasteiger partial charge on any atom is -0.317 e. The largest absolute Gasteiger partial charge is 0.317 e. The summed E-state index contributed by atoms with van der Waals surface area (Å²) in [5, 5.41) is 0. The molecule has 1 aromatic carbocycles. The first-order valence-corrected chi connectivity index (χ1v) is 5.52. The average molecular weight is 258 g/mol. The second-order valence-corrected chi connectivity index (χ2v) is 4.97. The van der Waals surface area contributed by atoms with E-state index in [2.05, 4.69) is 66.1 Å². The van der Waals surface area contributed by atoms with Gasteiger partial charge in [0.05, 0.1) is 0 Å². The first-order valence-electron chi connectivity index (χ1n) is 4.73. The topological polar surface area (TPSA) is 6.48 Å². The van der Waals surface area contributed by atoms with Gasteiger partial charge < -0.3 is 9.80 Å². The zero-order valence-electron chi connectivity index (χ0n) is 9.34. The summed E-state index contributed by atoms with van der Waals surface area (Å²) in [6, 6.07) is 4.39. The van der Waals surface area contributed by atoms with E-state index >= 15 is 0 Å². The molecule has 1 aromatic rings. The quantitative estimate of drug-likeness (QED) is 0.764. The normalized spacial score (nSPS) is 11.6. The van der Waals surface area contributed by atoms with Crippen molar-refractivity contribution in [3.8, 4) is 0 Å². The Kier molecular flexibility index (Phi) is 4.23. The van der Waals surface area contributed by atoms with Gasteiger partial charge in [-0.1, -0.05) is 20.4 Å². The zero-order chi connectivity index (χ0) is 10.7. The zero-order valence-corrected chi connectivity index (χ0v) is 10.9. The molecule has 2 nitrogen and oxygen atoms in total. The van der Waals surface area contributed by atoms with Crippen LogP contribution in [0.1, 0.15) is 11.1 Å². The van der Waals surface area contributed by atoms with E-state index in [9.17, 15) is 0 Å². The summed E-state index contributed by atoms with van der Waals surface area (Å²) < 4.78 is 1.26. The minimum absolute atomic E-state index is 0.994. The van der Waals surface area contributed by atoms with Gasteiger partial charge in [0.2, 0.25) is 0 Å². The molecule has 14 heavy (non-hydrogen) atoms. The van der Waals surface area contributed by atoms with Crippen molar-refractivity contribution in [1.29, 1.82) is 0 Å². The molecule has 0 aliphatic heterocycles. The maximum Gasteiger partial charge on any atom is -0.0145 e. The van der Waals surface area contributed by atoms with Crippen LogP contribution in [0.2, 0.25) is 0 Å². The summed E-state index contributed by atoms with van der Waals surface area (Å²) in [5.74, 6) is 0. The third-order valence-electron chi connectivity index (χ3n) is 2.02. The molecule has 0 radical (unpaired) electrons. The lowest BCUT2D eigenvalue weighted by Gasteiger charge is -2.17. The first-order chi connectivity index (χ1) is 6.50. The van der Waals surface area contributed by atoms with Gasteiger partial charge in [0.25, 0.3) is 0 Å². The number of hydrogen-bond acceptors (Lipinski definition) is 2. The summed E-state index contributed by atoms with van der Waals surface area (Å²) in [6.07, 6.45) is 0. The van der Waals surface area contributed by atoms with Crippen LogP contribution in [-0.4, -0.2) is 38.0 Å². The Bertz CT molecular complexity index is 262. The van der Waals surface area contributed by atoms with Crippen LogP contribution >= 0.6 is 15.9 Å². The lowest BCUT2D eigenvalue weighted by atomic mass is 10.3. The molecule has 0 spiro atoms. The third-order valence-corrected chi connectivity index (χ3v) is 3.04. The fraction of sp³-hybridized carbons (Fsp3) is 0.545. The van der Waals surface area contributed by atoms with E-state index in [0.29, 0.717) is 0 Å². The van der Waals surface area contributed by atoms with Crippen molar-refractivity contribution in [1.82, 2.24) is 9.80 Å². The molecule has 1 rings (SSSR count). The number of nitrogens with zero attached hydrogens (tertiary/aromatic N) is 2. The van der Waals surface area contributed by atoms with Crippen molar-refractivity contribution in [2.45, 2.75) is 13.1 Å². The summed E-state index contributed by atoms with van der Waals surface area (Å²) >= 11 is 3.65. The lowest BCUT2D eigenvalue weighted by molar-refractivity contribution is 0.397. The van der Waals surface area contributed by atoms with Crippen LogP contribution in [0.15, 0.2) is 16.6 Å². The summed E-state index contributed by atoms with van der Waals surface area (Å²) in [7, 11) is 8.35. The van der Waals surface area contributed by atoms with Crippen molar-refractivity contribution in [3.05, 3.63) is 27.7 Å². The van der Waals surface area contributed by atoms with E-state index in [1.54, 1.807) is 0 Å². The van der Waals surface area contributed by atoms with Crippen LogP contribution in [0, 0.1) is 0 Å². The maximum atomic E-state index is 3.65. The molecule has 0 saturated heterocycles. The van der Waals surface area contributed by atoms with Crippen LogP contribution < -0.4 is 0 Å². The van der Waals surface area contributed by atoms with Crippen LogP contribution in [0.3, 0.4) is 0 Å². The van der Waals surface area contributed by atoms with E-state index < -0.39 is 0 Å². The molecule has 0 saturated carbocycles. The van der Waals surface area contributed by atoms with E-state index in [0.717, 1.165) is 13.1 Å². The fourth-order valence-electron chi connectivity index (χ4n) is 1.48. The second-order valence-electron chi connectivity index (χ2n) is 4.17. The molecular formula is C11H18BrN2-. The predicted octanol–water partition coefficient (Wildman–Crippen LogP) is 2.29. The van der Waals surface area contributed by atoms with Gasteiger partial charge in [-0.15, -0.1) is 5.56 Å². The Labute approximate surface area is 95.0 Å². The Hall–Kier alpha value is -0.250. The Morgan fingerprint density at radius 1 is 1.21 bits per heavy atom. The number of rotatable bonds is 4. The number of halogens is 1. The monoisotopic (exact) mass is 257 g/mol. The van der Waals surface area contributed by atoms with E-state index in [1.165, 1.54) is 15.6 Å². The minimum atomic E-state index is 0.994. The standard InChI is InChI=1S/C11H18BrN2/c1-13(2)7-9-5-6-10(11(9)12)8-14(3)4/h5-6H,7-8H2,1-4H3/q-1. The molecule has 0 fully saturated rings. The number of hydrogen-bond donors (Lipinski definition) is 0. The SMILES string of the molecule is CN(C)Cc1cc[c-](CN(C)C)c1Br. The molecule has 80 valence electrons. The Balaban J connectivity index is 2.75. The first kappa shape index (κ1) is 11.8. The van der Waals surface area contributed by atoms with Crippen LogP contribution in [0.4, 0.5) is 0 Å². The summed E-state index contributed by atoms with van der Waals surface area (Å²) in [6.45, 7) is 1.99. The summed E-state index contributed by atoms with van der Waals surface area (Å²) in [4.78, 5) is 4.36.